The van der Waals surface area contributed by atoms with Crippen LogP contribution < -0.4 is 0 Å². The summed E-state index contributed by atoms with van der Waals surface area (Å²) in [6.45, 7) is 4.94. The molecule has 2 aromatic rings. The van der Waals surface area contributed by atoms with Crippen LogP contribution in [-0.4, -0.2) is 30.6 Å². The molecule has 0 spiro atoms. The number of nitrogens with zero attached hydrogens (tertiary/aromatic N) is 1. The Labute approximate surface area is 140 Å². The lowest BCUT2D eigenvalue weighted by molar-refractivity contribution is 0.0105. The van der Waals surface area contributed by atoms with Crippen LogP contribution in [-0.2, 0) is 5.60 Å². The van der Waals surface area contributed by atoms with Gasteiger partial charge < -0.3 is 10.0 Å². The van der Waals surface area contributed by atoms with Gasteiger partial charge >= 0.3 is 0 Å². The van der Waals surface area contributed by atoms with Gasteiger partial charge in [-0.3, -0.25) is 0 Å². The van der Waals surface area contributed by atoms with Gasteiger partial charge in [-0.15, -0.1) is 0 Å². The lowest BCUT2D eigenvalue weighted by Crippen LogP contribution is -2.40. The summed E-state index contributed by atoms with van der Waals surface area (Å²) >= 11 is 0. The summed E-state index contributed by atoms with van der Waals surface area (Å²) in [6.07, 6.45) is 2.08. The minimum Gasteiger partial charge on any atom is -0.380 e. The summed E-state index contributed by atoms with van der Waals surface area (Å²) in [4.78, 5) is 2.12. The van der Waals surface area contributed by atoms with Crippen LogP contribution >= 0.6 is 0 Å². The predicted molar refractivity (Wildman–Crippen MR) is 98.1 cm³/mol. The van der Waals surface area contributed by atoms with Gasteiger partial charge in [0.2, 0.25) is 0 Å². The van der Waals surface area contributed by atoms with Gasteiger partial charge in [0.05, 0.1) is 0 Å². The molecule has 0 saturated heterocycles. The van der Waals surface area contributed by atoms with E-state index in [0.29, 0.717) is 0 Å². The van der Waals surface area contributed by atoms with Crippen molar-refractivity contribution in [3.63, 3.8) is 0 Å². The Bertz CT molecular complexity index is 633. The third-order valence-electron chi connectivity index (χ3n) is 4.35. The van der Waals surface area contributed by atoms with Crippen molar-refractivity contribution in [2.24, 2.45) is 5.92 Å². The van der Waals surface area contributed by atoms with Crippen molar-refractivity contribution in [1.29, 1.82) is 0 Å². The zero-order valence-electron chi connectivity index (χ0n) is 14.5. The second-order valence-electron chi connectivity index (χ2n) is 6.53. The van der Waals surface area contributed by atoms with Crippen molar-refractivity contribution >= 4 is 6.08 Å². The molecule has 1 N–H and O–H groups in total. The normalized spacial score (nSPS) is 16.2. The fourth-order valence-corrected chi connectivity index (χ4v) is 3.18. The van der Waals surface area contributed by atoms with E-state index in [9.17, 15) is 5.11 Å². The number of hydrogen-bond acceptors (Lipinski definition) is 2. The van der Waals surface area contributed by atoms with E-state index in [4.69, 9.17) is 0 Å². The molecule has 23 heavy (non-hydrogen) atoms. The first-order valence-corrected chi connectivity index (χ1v) is 8.11. The molecule has 0 heterocycles. The molecule has 0 saturated carbocycles. The van der Waals surface area contributed by atoms with Gasteiger partial charge in [-0.05, 0) is 37.7 Å². The molecule has 0 bridgehead atoms. The van der Waals surface area contributed by atoms with Crippen molar-refractivity contribution in [3.8, 4) is 0 Å². The minimum absolute atomic E-state index is 0.0693. The van der Waals surface area contributed by atoms with Crippen LogP contribution in [0.5, 0.6) is 0 Å². The summed E-state index contributed by atoms with van der Waals surface area (Å²) in [7, 11) is 4.08. The largest absolute Gasteiger partial charge is 0.380 e. The van der Waals surface area contributed by atoms with E-state index in [0.717, 1.165) is 23.2 Å². The highest BCUT2D eigenvalue weighted by molar-refractivity contribution is 5.56. The molecule has 0 aliphatic heterocycles. The Hall–Kier alpha value is -1.90. The van der Waals surface area contributed by atoms with E-state index < -0.39 is 5.60 Å². The highest BCUT2D eigenvalue weighted by Crippen LogP contribution is 2.38. The Morgan fingerprint density at radius 2 is 1.57 bits per heavy atom. The highest BCUT2D eigenvalue weighted by atomic mass is 16.3. The van der Waals surface area contributed by atoms with Crippen molar-refractivity contribution < 1.29 is 5.11 Å². The zero-order chi connectivity index (χ0) is 16.9. The zero-order valence-corrected chi connectivity index (χ0v) is 14.5. The summed E-state index contributed by atoms with van der Waals surface area (Å²) in [6, 6.07) is 20.1. The monoisotopic (exact) mass is 309 g/mol. The Kier molecular flexibility index (Phi) is 5.75. The maximum atomic E-state index is 11.6. The Balaban J connectivity index is 2.47. The molecule has 2 heteroatoms. The van der Waals surface area contributed by atoms with Gasteiger partial charge in [-0.2, -0.15) is 0 Å². The number of hydrogen-bond donors (Lipinski definition) is 1. The van der Waals surface area contributed by atoms with Crippen LogP contribution in [0.2, 0.25) is 0 Å². The van der Waals surface area contributed by atoms with E-state index in [2.05, 4.69) is 30.0 Å². The third kappa shape index (κ3) is 4.10. The van der Waals surface area contributed by atoms with Gasteiger partial charge in [-0.1, -0.05) is 73.7 Å². The molecule has 0 aliphatic carbocycles. The molecule has 2 unspecified atom stereocenters. The average molecular weight is 309 g/mol. The summed E-state index contributed by atoms with van der Waals surface area (Å²) < 4.78 is 0. The molecule has 2 rings (SSSR count). The van der Waals surface area contributed by atoms with E-state index in [1.807, 2.05) is 69.6 Å². The Morgan fingerprint density at radius 3 is 2.09 bits per heavy atom. The standard InChI is InChI=1S/C21H27NO/c1-17(15-19-11-7-5-8-12-19)21(23,18(2)16-22(3)4)20-13-9-6-10-14-20/h5-15,18,23H,16H2,1-4H3/b17-15+. The van der Waals surface area contributed by atoms with Crippen molar-refractivity contribution in [2.45, 2.75) is 19.4 Å². The molecule has 0 radical (unpaired) electrons. The van der Waals surface area contributed by atoms with Crippen LogP contribution in [0.25, 0.3) is 6.08 Å². The molecule has 2 aromatic carbocycles. The number of benzene rings is 2. The maximum absolute atomic E-state index is 11.6. The van der Waals surface area contributed by atoms with Gasteiger partial charge in [0.15, 0.2) is 0 Å². The van der Waals surface area contributed by atoms with Gasteiger partial charge in [0.1, 0.15) is 5.60 Å². The topological polar surface area (TPSA) is 23.5 Å². The van der Waals surface area contributed by atoms with Crippen LogP contribution in [0.1, 0.15) is 25.0 Å². The molecular formula is C21H27NO. The fraction of sp³-hybridized carbons (Fsp3) is 0.333. The van der Waals surface area contributed by atoms with Gasteiger partial charge in [0.25, 0.3) is 0 Å². The van der Waals surface area contributed by atoms with Crippen LogP contribution in [0.3, 0.4) is 0 Å². The van der Waals surface area contributed by atoms with Crippen LogP contribution in [0, 0.1) is 5.92 Å². The lowest BCUT2D eigenvalue weighted by Gasteiger charge is -2.37. The molecular weight excluding hydrogens is 282 g/mol. The van der Waals surface area contributed by atoms with Crippen LogP contribution in [0.4, 0.5) is 0 Å². The first-order valence-electron chi connectivity index (χ1n) is 8.11. The minimum atomic E-state index is -0.985. The third-order valence-corrected chi connectivity index (χ3v) is 4.35. The molecule has 0 fully saturated rings. The summed E-state index contributed by atoms with van der Waals surface area (Å²) in [5.41, 5.74) is 2.03. The van der Waals surface area contributed by atoms with E-state index >= 15 is 0 Å². The molecule has 0 aliphatic rings. The Morgan fingerprint density at radius 1 is 1.04 bits per heavy atom. The first kappa shape index (κ1) is 17.5. The second-order valence-corrected chi connectivity index (χ2v) is 6.53. The van der Waals surface area contributed by atoms with Crippen molar-refractivity contribution in [1.82, 2.24) is 4.90 Å². The average Bonchev–Trinajstić information content (AvgIpc) is 2.55. The molecule has 2 atom stereocenters. The molecule has 2 nitrogen and oxygen atoms in total. The quantitative estimate of drug-likeness (QED) is 0.865. The molecule has 0 amide bonds. The molecule has 0 aromatic heterocycles. The maximum Gasteiger partial charge on any atom is 0.114 e. The van der Waals surface area contributed by atoms with Gasteiger partial charge in [0, 0.05) is 12.5 Å². The summed E-state index contributed by atoms with van der Waals surface area (Å²) in [5, 5.41) is 11.6. The number of rotatable bonds is 6. The van der Waals surface area contributed by atoms with Gasteiger partial charge in [-0.25, -0.2) is 0 Å². The SMILES string of the molecule is C/C(=C\c1ccccc1)C(O)(c1ccccc1)C(C)CN(C)C. The lowest BCUT2D eigenvalue weighted by atomic mass is 9.76. The number of aliphatic hydroxyl groups is 1. The summed E-state index contributed by atoms with van der Waals surface area (Å²) in [5.74, 6) is 0.0693. The second kappa shape index (κ2) is 7.58. The van der Waals surface area contributed by atoms with Crippen LogP contribution in [0.15, 0.2) is 66.2 Å². The fourth-order valence-electron chi connectivity index (χ4n) is 3.18. The smallest absolute Gasteiger partial charge is 0.114 e. The van der Waals surface area contributed by atoms with E-state index in [-0.39, 0.29) is 5.92 Å². The van der Waals surface area contributed by atoms with E-state index in [1.54, 1.807) is 0 Å². The predicted octanol–water partition coefficient (Wildman–Crippen LogP) is 4.18. The van der Waals surface area contributed by atoms with Crippen molar-refractivity contribution in [3.05, 3.63) is 77.4 Å². The molecule has 122 valence electrons. The first-order chi connectivity index (χ1) is 10.9. The van der Waals surface area contributed by atoms with E-state index in [1.165, 1.54) is 0 Å². The highest BCUT2D eigenvalue weighted by Gasteiger charge is 2.37. The van der Waals surface area contributed by atoms with Crippen molar-refractivity contribution in [2.75, 3.05) is 20.6 Å².